The molecule has 0 aromatic heterocycles. The Kier molecular flexibility index (Phi) is 3.08. The fourth-order valence-electron chi connectivity index (χ4n) is 2.24. The predicted molar refractivity (Wildman–Crippen MR) is 69.5 cm³/mol. The summed E-state index contributed by atoms with van der Waals surface area (Å²) in [6.45, 7) is 12.7. The summed E-state index contributed by atoms with van der Waals surface area (Å²) >= 11 is 0. The molecule has 1 heterocycles. The molecule has 0 atom stereocenters. The second kappa shape index (κ2) is 4.38. The molecule has 17 heavy (non-hydrogen) atoms. The minimum atomic E-state index is -0.526. The number of aryl methyl sites for hydroxylation is 1. The van der Waals surface area contributed by atoms with E-state index in [9.17, 15) is 5.11 Å². The van der Waals surface area contributed by atoms with Gasteiger partial charge in [0.15, 0.2) is 5.69 Å². The van der Waals surface area contributed by atoms with Crippen LogP contribution in [0.1, 0.15) is 25.3 Å². The first-order chi connectivity index (χ1) is 8.02. The highest BCUT2D eigenvalue weighted by atomic mass is 16.3. The van der Waals surface area contributed by atoms with Crippen molar-refractivity contribution in [2.24, 2.45) is 0 Å². The van der Waals surface area contributed by atoms with Crippen LogP contribution in [0.4, 0.5) is 11.4 Å². The average Bonchev–Trinajstić information content (AvgIpc) is 2.30. The molecule has 0 aliphatic carbocycles. The van der Waals surface area contributed by atoms with Gasteiger partial charge in [0.2, 0.25) is 0 Å². The van der Waals surface area contributed by atoms with E-state index in [1.54, 1.807) is 0 Å². The summed E-state index contributed by atoms with van der Waals surface area (Å²) in [4.78, 5) is 5.74. The van der Waals surface area contributed by atoms with E-state index in [2.05, 4.69) is 16.7 Å². The summed E-state index contributed by atoms with van der Waals surface area (Å²) < 4.78 is 0. The maximum atomic E-state index is 9.93. The number of anilines is 1. The smallest absolute Gasteiger partial charge is 0.189 e. The summed E-state index contributed by atoms with van der Waals surface area (Å²) in [7, 11) is 0. The molecule has 1 aliphatic rings. The number of aliphatic hydroxyl groups is 1. The first-order valence-corrected chi connectivity index (χ1v) is 5.97. The zero-order valence-electron chi connectivity index (χ0n) is 10.4. The molecule has 1 aliphatic heterocycles. The molecule has 0 spiro atoms. The van der Waals surface area contributed by atoms with Crippen molar-refractivity contribution in [1.82, 2.24) is 0 Å². The molecule has 0 unspecified atom stereocenters. The van der Waals surface area contributed by atoms with Gasteiger partial charge in [-0.25, -0.2) is 4.85 Å². The third kappa shape index (κ3) is 2.59. The van der Waals surface area contributed by atoms with E-state index in [1.807, 2.05) is 25.1 Å². The van der Waals surface area contributed by atoms with Crippen LogP contribution in [0.25, 0.3) is 4.85 Å². The first kappa shape index (κ1) is 11.9. The minimum absolute atomic E-state index is 0.526. The van der Waals surface area contributed by atoms with Gasteiger partial charge in [0.25, 0.3) is 0 Å². The summed E-state index contributed by atoms with van der Waals surface area (Å²) in [5.41, 5.74) is 2.48. The zero-order valence-corrected chi connectivity index (χ0v) is 10.4. The maximum absolute atomic E-state index is 9.93. The van der Waals surface area contributed by atoms with Crippen LogP contribution in [0.2, 0.25) is 0 Å². The third-order valence-corrected chi connectivity index (χ3v) is 3.50. The molecular formula is C14H18N2O. The number of benzene rings is 1. The second-order valence-electron chi connectivity index (χ2n) is 5.07. The molecule has 3 nitrogen and oxygen atoms in total. The van der Waals surface area contributed by atoms with E-state index < -0.39 is 5.60 Å². The lowest BCUT2D eigenvalue weighted by atomic mass is 9.93. The second-order valence-corrected chi connectivity index (χ2v) is 5.07. The van der Waals surface area contributed by atoms with Crippen molar-refractivity contribution in [2.75, 3.05) is 18.0 Å². The van der Waals surface area contributed by atoms with Crippen LogP contribution in [0.3, 0.4) is 0 Å². The summed E-state index contributed by atoms with van der Waals surface area (Å²) in [5.74, 6) is 0. The highest BCUT2D eigenvalue weighted by Gasteiger charge is 2.27. The van der Waals surface area contributed by atoms with Crippen LogP contribution in [0, 0.1) is 13.5 Å². The van der Waals surface area contributed by atoms with Crippen molar-refractivity contribution in [3.63, 3.8) is 0 Å². The van der Waals surface area contributed by atoms with Crippen LogP contribution in [-0.2, 0) is 0 Å². The van der Waals surface area contributed by atoms with Crippen LogP contribution < -0.4 is 4.90 Å². The Balaban J connectivity index is 2.21. The van der Waals surface area contributed by atoms with Crippen LogP contribution in [0.5, 0.6) is 0 Å². The molecule has 2 rings (SSSR count). The van der Waals surface area contributed by atoms with Gasteiger partial charge in [0.1, 0.15) is 0 Å². The summed E-state index contributed by atoms with van der Waals surface area (Å²) in [6, 6.07) is 5.80. The predicted octanol–water partition coefficient (Wildman–Crippen LogP) is 2.90. The zero-order chi connectivity index (χ0) is 12.5. The Bertz CT molecular complexity index is 450. The number of hydrogen-bond acceptors (Lipinski definition) is 2. The SMILES string of the molecule is [C-]#[N+]c1ccc(C)c(N2CCC(C)(O)CC2)c1. The molecule has 1 aromatic carbocycles. The normalized spacial score (nSPS) is 18.8. The first-order valence-electron chi connectivity index (χ1n) is 5.97. The van der Waals surface area contributed by atoms with Gasteiger partial charge in [0.05, 0.1) is 12.2 Å². The molecule has 1 N–H and O–H groups in total. The van der Waals surface area contributed by atoms with Crippen LogP contribution in [0.15, 0.2) is 18.2 Å². The number of rotatable bonds is 1. The Hall–Kier alpha value is -1.53. The quantitative estimate of drug-likeness (QED) is 0.751. The third-order valence-electron chi connectivity index (χ3n) is 3.50. The van der Waals surface area contributed by atoms with Gasteiger partial charge in [-0.2, -0.15) is 0 Å². The number of nitrogens with zero attached hydrogens (tertiary/aromatic N) is 2. The van der Waals surface area contributed by atoms with Crippen LogP contribution >= 0.6 is 0 Å². The molecule has 1 saturated heterocycles. The lowest BCUT2D eigenvalue weighted by Gasteiger charge is -2.38. The molecule has 1 fully saturated rings. The summed E-state index contributed by atoms with van der Waals surface area (Å²) in [6.07, 6.45) is 1.57. The van der Waals surface area contributed by atoms with Crippen molar-refractivity contribution in [3.05, 3.63) is 35.2 Å². The topological polar surface area (TPSA) is 27.8 Å². The van der Waals surface area contributed by atoms with Gasteiger partial charge >= 0.3 is 0 Å². The van der Waals surface area contributed by atoms with Gasteiger partial charge in [-0.1, -0.05) is 12.1 Å². The molecule has 3 heteroatoms. The average molecular weight is 230 g/mol. The van der Waals surface area contributed by atoms with E-state index in [0.29, 0.717) is 5.69 Å². The monoisotopic (exact) mass is 230 g/mol. The van der Waals surface area contributed by atoms with E-state index in [1.165, 1.54) is 5.56 Å². The molecular weight excluding hydrogens is 212 g/mol. The molecule has 0 radical (unpaired) electrons. The van der Waals surface area contributed by atoms with E-state index in [0.717, 1.165) is 31.6 Å². The highest BCUT2D eigenvalue weighted by molar-refractivity contribution is 5.63. The fraction of sp³-hybridized carbons (Fsp3) is 0.500. The lowest BCUT2D eigenvalue weighted by Crippen LogP contribution is -2.42. The molecule has 90 valence electrons. The molecule has 0 bridgehead atoms. The van der Waals surface area contributed by atoms with Crippen molar-refractivity contribution in [2.45, 2.75) is 32.3 Å². The van der Waals surface area contributed by atoms with E-state index in [-0.39, 0.29) is 0 Å². The Morgan fingerprint density at radius 1 is 1.35 bits per heavy atom. The number of hydrogen-bond donors (Lipinski definition) is 1. The van der Waals surface area contributed by atoms with Crippen molar-refractivity contribution >= 4 is 11.4 Å². The summed E-state index contributed by atoms with van der Waals surface area (Å²) in [5, 5.41) is 9.93. The Morgan fingerprint density at radius 3 is 2.59 bits per heavy atom. The van der Waals surface area contributed by atoms with Gasteiger partial charge in [-0.15, -0.1) is 0 Å². The number of piperidine rings is 1. The lowest BCUT2D eigenvalue weighted by molar-refractivity contribution is 0.0351. The van der Waals surface area contributed by atoms with Crippen molar-refractivity contribution in [3.8, 4) is 0 Å². The highest BCUT2D eigenvalue weighted by Crippen LogP contribution is 2.30. The van der Waals surface area contributed by atoms with E-state index >= 15 is 0 Å². The molecule has 1 aromatic rings. The van der Waals surface area contributed by atoms with Gasteiger partial charge < -0.3 is 10.0 Å². The maximum Gasteiger partial charge on any atom is 0.189 e. The Labute approximate surface area is 103 Å². The van der Waals surface area contributed by atoms with Crippen LogP contribution in [-0.4, -0.2) is 23.8 Å². The van der Waals surface area contributed by atoms with Crippen molar-refractivity contribution < 1.29 is 5.11 Å². The standard InChI is InChI=1S/C14H18N2O/c1-11-4-5-12(15-3)10-13(11)16-8-6-14(2,17)7-9-16/h4-5,10,17H,6-9H2,1-2H3. The van der Waals surface area contributed by atoms with E-state index in [4.69, 9.17) is 6.57 Å². The minimum Gasteiger partial charge on any atom is -0.390 e. The van der Waals surface area contributed by atoms with Crippen molar-refractivity contribution in [1.29, 1.82) is 0 Å². The van der Waals surface area contributed by atoms with Gasteiger partial charge in [-0.05, 0) is 38.3 Å². The van der Waals surface area contributed by atoms with Gasteiger partial charge in [0, 0.05) is 18.8 Å². The molecule has 0 saturated carbocycles. The fourth-order valence-corrected chi connectivity index (χ4v) is 2.24. The Morgan fingerprint density at radius 2 is 2.00 bits per heavy atom. The largest absolute Gasteiger partial charge is 0.390 e. The molecule has 0 amide bonds. The van der Waals surface area contributed by atoms with Gasteiger partial charge in [-0.3, -0.25) is 0 Å².